The van der Waals surface area contributed by atoms with Crippen molar-refractivity contribution in [3.63, 3.8) is 0 Å². The average Bonchev–Trinajstić information content (AvgIpc) is 2.69. The van der Waals surface area contributed by atoms with Gasteiger partial charge >= 0.3 is 11.9 Å². The molecular formula is C16H16O3. The highest BCUT2D eigenvalue weighted by Gasteiger charge is 2.74. The van der Waals surface area contributed by atoms with Gasteiger partial charge in [-0.15, -0.1) is 0 Å². The number of cyclic esters (lactones) is 2. The number of carbonyl (C=O) groups excluding carboxylic acids is 2. The van der Waals surface area contributed by atoms with Gasteiger partial charge in [0.15, 0.2) is 0 Å². The number of allylic oxidation sites excluding steroid dienone is 4. The van der Waals surface area contributed by atoms with Crippen molar-refractivity contribution in [2.45, 2.75) is 25.7 Å². The lowest BCUT2D eigenvalue weighted by Gasteiger charge is -2.69. The number of rotatable bonds is 0. The standard InChI is InChI=1S/C16H16O3/c17-13-11-9-3-4-10(12(11)14(18)19-13)16-6-2-1-5-15(9,16)7-8-16/h3-4,7-12H,1-2,5-6H2/t9-,10-,11-,12-,15-,16-/m1/s1. The van der Waals surface area contributed by atoms with Gasteiger partial charge in [-0.3, -0.25) is 9.59 Å². The average molecular weight is 256 g/mol. The van der Waals surface area contributed by atoms with Crippen molar-refractivity contribution in [2.75, 3.05) is 0 Å². The minimum Gasteiger partial charge on any atom is -0.393 e. The van der Waals surface area contributed by atoms with Gasteiger partial charge in [0, 0.05) is 22.7 Å². The van der Waals surface area contributed by atoms with Gasteiger partial charge in [-0.1, -0.05) is 37.1 Å². The highest BCUT2D eigenvalue weighted by atomic mass is 16.6. The molecule has 19 heavy (non-hydrogen) atoms. The lowest BCUT2D eigenvalue weighted by atomic mass is 9.32. The number of esters is 2. The van der Waals surface area contributed by atoms with Gasteiger partial charge in [-0.2, -0.15) is 0 Å². The predicted molar refractivity (Wildman–Crippen MR) is 66.7 cm³/mol. The summed E-state index contributed by atoms with van der Waals surface area (Å²) in [6.07, 6.45) is 13.9. The molecule has 5 aliphatic carbocycles. The molecule has 6 rings (SSSR count). The SMILES string of the molecule is O=C1OC(=O)[C@H]2[C@H]1[C@H]1C=C[C@H]2[C@@]23C=C[C@]12CCCC3. The predicted octanol–water partition coefficient (Wildman–Crippen LogP) is 2.23. The zero-order chi connectivity index (χ0) is 12.8. The van der Waals surface area contributed by atoms with Gasteiger partial charge in [-0.05, 0) is 12.8 Å². The van der Waals surface area contributed by atoms with Crippen LogP contribution in [0, 0.1) is 34.5 Å². The van der Waals surface area contributed by atoms with Crippen LogP contribution in [0.5, 0.6) is 0 Å². The summed E-state index contributed by atoms with van der Waals surface area (Å²) >= 11 is 0. The highest BCUT2D eigenvalue weighted by Crippen LogP contribution is 2.75. The molecular weight excluding hydrogens is 240 g/mol. The van der Waals surface area contributed by atoms with Crippen molar-refractivity contribution in [1.29, 1.82) is 0 Å². The third-order valence-corrected chi connectivity index (χ3v) is 6.60. The molecule has 6 aliphatic rings. The summed E-state index contributed by atoms with van der Waals surface area (Å²) < 4.78 is 4.97. The van der Waals surface area contributed by atoms with Crippen molar-refractivity contribution in [2.24, 2.45) is 34.5 Å². The fourth-order valence-electron chi connectivity index (χ4n) is 5.89. The van der Waals surface area contributed by atoms with Crippen molar-refractivity contribution in [3.8, 4) is 0 Å². The Bertz CT molecular complexity index is 527. The summed E-state index contributed by atoms with van der Waals surface area (Å²) in [6, 6.07) is 0. The summed E-state index contributed by atoms with van der Waals surface area (Å²) in [5, 5.41) is 0. The molecule has 0 aromatic carbocycles. The second-order valence-electron chi connectivity index (χ2n) is 6.85. The molecule has 2 saturated carbocycles. The molecule has 0 unspecified atom stereocenters. The minimum absolute atomic E-state index is 0.148. The van der Waals surface area contributed by atoms with E-state index in [0.717, 1.165) is 0 Å². The summed E-state index contributed by atoms with van der Waals surface area (Å²) in [6.45, 7) is 0. The van der Waals surface area contributed by atoms with Gasteiger partial charge in [-0.25, -0.2) is 0 Å². The second kappa shape index (κ2) is 2.87. The van der Waals surface area contributed by atoms with Crippen molar-refractivity contribution < 1.29 is 14.3 Å². The molecule has 0 spiro atoms. The number of hydrogen-bond donors (Lipinski definition) is 0. The van der Waals surface area contributed by atoms with Crippen LogP contribution in [-0.4, -0.2) is 11.9 Å². The monoisotopic (exact) mass is 256 g/mol. The Labute approximate surface area is 111 Å². The zero-order valence-corrected chi connectivity index (χ0v) is 10.7. The normalized spacial score (nSPS) is 56.2. The minimum atomic E-state index is -0.275. The summed E-state index contributed by atoms with van der Waals surface area (Å²) in [5.74, 6) is -0.595. The molecule has 98 valence electrons. The lowest BCUT2D eigenvalue weighted by molar-refractivity contribution is -0.154. The maximum Gasteiger partial charge on any atom is 0.318 e. The van der Waals surface area contributed by atoms with E-state index in [-0.39, 0.29) is 46.4 Å². The van der Waals surface area contributed by atoms with Gasteiger partial charge in [0.2, 0.25) is 0 Å². The van der Waals surface area contributed by atoms with E-state index >= 15 is 0 Å². The molecule has 1 saturated heterocycles. The van der Waals surface area contributed by atoms with Crippen LogP contribution in [-0.2, 0) is 14.3 Å². The second-order valence-corrected chi connectivity index (χ2v) is 6.85. The van der Waals surface area contributed by atoms with Crippen LogP contribution in [0.25, 0.3) is 0 Å². The van der Waals surface area contributed by atoms with E-state index < -0.39 is 0 Å². The summed E-state index contributed by atoms with van der Waals surface area (Å²) in [7, 11) is 0. The van der Waals surface area contributed by atoms with E-state index in [0.29, 0.717) is 0 Å². The molecule has 6 atom stereocenters. The molecule has 0 radical (unpaired) electrons. The zero-order valence-electron chi connectivity index (χ0n) is 10.7. The highest BCUT2D eigenvalue weighted by molar-refractivity contribution is 5.98. The molecule has 2 bridgehead atoms. The van der Waals surface area contributed by atoms with E-state index in [1.165, 1.54) is 25.7 Å². The molecule has 3 nitrogen and oxygen atoms in total. The molecule has 3 heteroatoms. The lowest BCUT2D eigenvalue weighted by Crippen LogP contribution is -2.66. The van der Waals surface area contributed by atoms with Crippen molar-refractivity contribution >= 4 is 11.9 Å². The smallest absolute Gasteiger partial charge is 0.318 e. The van der Waals surface area contributed by atoms with Gasteiger partial charge in [0.25, 0.3) is 0 Å². The van der Waals surface area contributed by atoms with E-state index in [1.54, 1.807) is 0 Å². The first-order valence-electron chi connectivity index (χ1n) is 7.34. The number of ether oxygens (including phenoxy) is 1. The van der Waals surface area contributed by atoms with Crippen LogP contribution < -0.4 is 0 Å². The summed E-state index contributed by atoms with van der Waals surface area (Å²) in [5.41, 5.74) is 0.297. The van der Waals surface area contributed by atoms with Crippen molar-refractivity contribution in [1.82, 2.24) is 0 Å². The third kappa shape index (κ3) is 0.851. The van der Waals surface area contributed by atoms with Crippen LogP contribution in [0.15, 0.2) is 24.3 Å². The van der Waals surface area contributed by atoms with E-state index in [1.807, 2.05) is 0 Å². The maximum absolute atomic E-state index is 12.1. The van der Waals surface area contributed by atoms with Gasteiger partial charge in [0.05, 0.1) is 11.8 Å². The van der Waals surface area contributed by atoms with E-state index in [4.69, 9.17) is 4.74 Å². The summed E-state index contributed by atoms with van der Waals surface area (Å²) in [4.78, 5) is 24.1. The number of carbonyl (C=O) groups is 2. The van der Waals surface area contributed by atoms with E-state index in [2.05, 4.69) is 24.3 Å². The first-order valence-corrected chi connectivity index (χ1v) is 7.34. The molecule has 0 N–H and O–H groups in total. The Morgan fingerprint density at radius 1 is 0.895 bits per heavy atom. The fraction of sp³-hybridized carbons (Fsp3) is 0.625. The van der Waals surface area contributed by atoms with Gasteiger partial charge in [0.1, 0.15) is 0 Å². The quantitative estimate of drug-likeness (QED) is 0.379. The molecule has 1 aliphatic heterocycles. The third-order valence-electron chi connectivity index (χ3n) is 6.60. The Morgan fingerprint density at radius 2 is 1.37 bits per heavy atom. The molecule has 0 aromatic heterocycles. The fourth-order valence-corrected chi connectivity index (χ4v) is 5.89. The maximum atomic E-state index is 12.1. The first kappa shape index (κ1) is 10.4. The largest absolute Gasteiger partial charge is 0.393 e. The van der Waals surface area contributed by atoms with Crippen LogP contribution in [0.1, 0.15) is 25.7 Å². The van der Waals surface area contributed by atoms with E-state index in [9.17, 15) is 9.59 Å². The Hall–Kier alpha value is -1.38. The molecule has 3 fully saturated rings. The van der Waals surface area contributed by atoms with Crippen LogP contribution in [0.4, 0.5) is 0 Å². The van der Waals surface area contributed by atoms with Crippen molar-refractivity contribution in [3.05, 3.63) is 24.3 Å². The molecule has 0 amide bonds. The first-order chi connectivity index (χ1) is 9.20. The van der Waals surface area contributed by atoms with Crippen LogP contribution in [0.3, 0.4) is 0 Å². The number of hydrogen-bond acceptors (Lipinski definition) is 3. The van der Waals surface area contributed by atoms with Crippen LogP contribution >= 0.6 is 0 Å². The Morgan fingerprint density at radius 3 is 1.79 bits per heavy atom. The van der Waals surface area contributed by atoms with Gasteiger partial charge < -0.3 is 4.74 Å². The molecule has 1 heterocycles. The molecule has 0 aromatic rings. The van der Waals surface area contributed by atoms with Crippen LogP contribution in [0.2, 0.25) is 0 Å². The Kier molecular flexibility index (Phi) is 1.57. The Balaban J connectivity index is 1.75. The topological polar surface area (TPSA) is 43.4 Å².